The molecule has 11 N–H and O–H groups in total. The largest absolute Gasteiger partial charge is 0.504 e. The van der Waals surface area contributed by atoms with Gasteiger partial charge in [0.1, 0.15) is 0 Å². The van der Waals surface area contributed by atoms with Crippen molar-refractivity contribution < 1.29 is 25.2 Å². The number of nitrogens with two attached hydrogens (primary N) is 2. The predicted octanol–water partition coefficient (Wildman–Crippen LogP) is -1.83. The minimum Gasteiger partial charge on any atom is -0.504 e. The lowest BCUT2D eigenvalue weighted by Crippen LogP contribution is -2.35. The molecule has 0 aromatic heterocycles. The first-order valence-corrected chi connectivity index (χ1v) is 7.94. The number of rotatable bonds is 11. The zero-order valence-corrected chi connectivity index (χ0v) is 14.2. The Labute approximate surface area is 146 Å². The van der Waals surface area contributed by atoms with E-state index >= 15 is 0 Å². The van der Waals surface area contributed by atoms with Crippen LogP contribution in [0.2, 0.25) is 0 Å². The van der Waals surface area contributed by atoms with Gasteiger partial charge in [-0.15, -0.1) is 0 Å². The quantitative estimate of drug-likeness (QED) is 0.161. The molecule has 0 bridgehead atoms. The van der Waals surface area contributed by atoms with Gasteiger partial charge in [-0.05, 0) is 12.1 Å². The molecule has 1 aromatic carbocycles. The van der Waals surface area contributed by atoms with Crippen molar-refractivity contribution in [1.82, 2.24) is 16.0 Å². The molecule has 0 aliphatic carbocycles. The molecule has 0 spiro atoms. The summed E-state index contributed by atoms with van der Waals surface area (Å²) in [5, 5.41) is 44.7. The maximum atomic E-state index is 10.3. The minimum atomic E-state index is -1.29. The number of hydrogen-bond donors (Lipinski definition) is 9. The summed E-state index contributed by atoms with van der Waals surface area (Å²) in [5.41, 5.74) is 10.3. The number of phenols is 3. The molecular formula is C15H29N5O5. The van der Waals surface area contributed by atoms with Crippen LogP contribution in [0.25, 0.3) is 0 Å². The maximum Gasteiger partial charge on any atom is 0.335 e. The molecular weight excluding hydrogens is 330 g/mol. The second-order valence-corrected chi connectivity index (χ2v) is 5.00. The molecule has 10 heteroatoms. The topological polar surface area (TPSA) is 186 Å². The van der Waals surface area contributed by atoms with Crippen molar-refractivity contribution in [2.75, 3.05) is 52.4 Å². The lowest BCUT2D eigenvalue weighted by molar-refractivity contribution is 0.0696. The monoisotopic (exact) mass is 359 g/mol. The number of carboxylic acids is 1. The Hall–Kier alpha value is -2.11. The van der Waals surface area contributed by atoms with Crippen LogP contribution in [-0.4, -0.2) is 78.8 Å². The Bertz CT molecular complexity index is 468. The first-order valence-electron chi connectivity index (χ1n) is 7.94. The highest BCUT2D eigenvalue weighted by molar-refractivity contribution is 5.89. The van der Waals surface area contributed by atoms with Gasteiger partial charge in [0, 0.05) is 52.4 Å². The highest BCUT2D eigenvalue weighted by Crippen LogP contribution is 2.35. The van der Waals surface area contributed by atoms with E-state index in [4.69, 9.17) is 31.9 Å². The van der Waals surface area contributed by atoms with Crippen molar-refractivity contribution in [3.05, 3.63) is 17.7 Å². The highest BCUT2D eigenvalue weighted by Gasteiger charge is 2.11. The number of benzene rings is 1. The molecule has 25 heavy (non-hydrogen) atoms. The number of hydrogen-bond acceptors (Lipinski definition) is 9. The summed E-state index contributed by atoms with van der Waals surface area (Å²) in [5.74, 6) is -3.33. The average molecular weight is 359 g/mol. The Morgan fingerprint density at radius 1 is 0.800 bits per heavy atom. The summed E-state index contributed by atoms with van der Waals surface area (Å²) < 4.78 is 0. The Balaban J connectivity index is 0.000000462. The first kappa shape index (κ1) is 22.9. The van der Waals surface area contributed by atoms with E-state index in [0.29, 0.717) is 13.1 Å². The molecule has 0 heterocycles. The van der Waals surface area contributed by atoms with E-state index in [1.165, 1.54) is 0 Å². The molecule has 0 aliphatic heterocycles. The van der Waals surface area contributed by atoms with Gasteiger partial charge in [0.25, 0.3) is 0 Å². The van der Waals surface area contributed by atoms with Crippen molar-refractivity contribution in [2.24, 2.45) is 11.5 Å². The average Bonchev–Trinajstić information content (AvgIpc) is 2.58. The summed E-state index contributed by atoms with van der Waals surface area (Å²) >= 11 is 0. The van der Waals surface area contributed by atoms with Crippen LogP contribution in [0.15, 0.2) is 12.1 Å². The van der Waals surface area contributed by atoms with Crippen molar-refractivity contribution in [3.8, 4) is 17.2 Å². The fourth-order valence-corrected chi connectivity index (χ4v) is 1.66. The number of aromatic hydroxyl groups is 3. The predicted molar refractivity (Wildman–Crippen MR) is 95.1 cm³/mol. The maximum absolute atomic E-state index is 10.3. The van der Waals surface area contributed by atoms with Gasteiger partial charge in [-0.2, -0.15) is 0 Å². The minimum absolute atomic E-state index is 0.289. The number of carboxylic acid groups (broad SMARTS) is 1. The lowest BCUT2D eigenvalue weighted by Gasteiger charge is -2.06. The van der Waals surface area contributed by atoms with Crippen molar-refractivity contribution in [2.45, 2.75) is 0 Å². The van der Waals surface area contributed by atoms with Crippen molar-refractivity contribution in [3.63, 3.8) is 0 Å². The number of aromatic carboxylic acids is 1. The Kier molecular flexibility index (Phi) is 13.0. The van der Waals surface area contributed by atoms with Crippen LogP contribution in [0.1, 0.15) is 10.4 Å². The van der Waals surface area contributed by atoms with Gasteiger partial charge >= 0.3 is 5.97 Å². The molecule has 0 amide bonds. The van der Waals surface area contributed by atoms with E-state index in [1.807, 2.05) is 0 Å². The fraction of sp³-hybridized carbons (Fsp3) is 0.533. The van der Waals surface area contributed by atoms with Gasteiger partial charge in [0.15, 0.2) is 17.2 Å². The molecule has 0 aliphatic rings. The van der Waals surface area contributed by atoms with Gasteiger partial charge in [0.05, 0.1) is 5.56 Å². The smallest absolute Gasteiger partial charge is 0.335 e. The van der Waals surface area contributed by atoms with Crippen LogP contribution in [0.5, 0.6) is 17.2 Å². The van der Waals surface area contributed by atoms with Crippen LogP contribution in [-0.2, 0) is 0 Å². The van der Waals surface area contributed by atoms with Crippen LogP contribution in [0.3, 0.4) is 0 Å². The Morgan fingerprint density at radius 3 is 1.48 bits per heavy atom. The molecule has 1 aromatic rings. The van der Waals surface area contributed by atoms with Gasteiger partial charge in [-0.3, -0.25) is 0 Å². The number of phenolic OH excluding ortho intramolecular Hbond substituents is 3. The van der Waals surface area contributed by atoms with E-state index < -0.39 is 23.2 Å². The first-order chi connectivity index (χ1) is 11.9. The molecule has 10 nitrogen and oxygen atoms in total. The molecule has 0 fully saturated rings. The summed E-state index contributed by atoms with van der Waals surface area (Å²) in [6.07, 6.45) is 0. The molecule has 0 saturated carbocycles. The number of carbonyl (C=O) groups is 1. The highest BCUT2D eigenvalue weighted by atomic mass is 16.4. The standard InChI is InChI=1S/C8H23N5.C7H6O5/c9-1-3-11-5-7-13-8-6-12-4-2-10;8-4-1-3(7(11)12)2-5(9)6(4)10/h11-13H,1-10H2;1-2,8-10H,(H,11,12). The van der Waals surface area contributed by atoms with Crippen LogP contribution in [0, 0.1) is 0 Å². The zero-order valence-electron chi connectivity index (χ0n) is 14.2. The van der Waals surface area contributed by atoms with Crippen LogP contribution >= 0.6 is 0 Å². The summed E-state index contributed by atoms with van der Waals surface area (Å²) in [6.45, 7) is 7.15. The lowest BCUT2D eigenvalue weighted by atomic mass is 10.2. The van der Waals surface area contributed by atoms with Gasteiger partial charge < -0.3 is 47.8 Å². The second kappa shape index (κ2) is 14.3. The Morgan fingerprint density at radius 2 is 1.16 bits per heavy atom. The SMILES string of the molecule is NCCNCCNCCNCCN.O=C(O)c1cc(O)c(O)c(O)c1. The van der Waals surface area contributed by atoms with Crippen LogP contribution < -0.4 is 27.4 Å². The molecule has 1 rings (SSSR count). The van der Waals surface area contributed by atoms with Crippen molar-refractivity contribution in [1.29, 1.82) is 0 Å². The summed E-state index contributed by atoms with van der Waals surface area (Å²) in [7, 11) is 0. The third-order valence-electron chi connectivity index (χ3n) is 2.92. The molecule has 0 unspecified atom stereocenters. The molecule has 0 radical (unpaired) electrons. The van der Waals surface area contributed by atoms with E-state index in [1.54, 1.807) is 0 Å². The van der Waals surface area contributed by atoms with E-state index in [9.17, 15) is 4.79 Å². The van der Waals surface area contributed by atoms with E-state index in [0.717, 1.165) is 51.4 Å². The third kappa shape index (κ3) is 11.1. The number of nitrogens with one attached hydrogen (secondary N) is 3. The molecule has 0 atom stereocenters. The van der Waals surface area contributed by atoms with Crippen molar-refractivity contribution >= 4 is 5.97 Å². The van der Waals surface area contributed by atoms with E-state index in [-0.39, 0.29) is 5.56 Å². The van der Waals surface area contributed by atoms with Gasteiger partial charge in [0.2, 0.25) is 0 Å². The van der Waals surface area contributed by atoms with Crippen LogP contribution in [0.4, 0.5) is 0 Å². The fourth-order valence-electron chi connectivity index (χ4n) is 1.66. The normalized spacial score (nSPS) is 10.2. The summed E-state index contributed by atoms with van der Waals surface area (Å²) in [6, 6.07) is 1.69. The van der Waals surface area contributed by atoms with Gasteiger partial charge in [-0.25, -0.2) is 4.79 Å². The van der Waals surface area contributed by atoms with E-state index in [2.05, 4.69) is 16.0 Å². The van der Waals surface area contributed by atoms with Gasteiger partial charge in [-0.1, -0.05) is 0 Å². The molecule has 0 saturated heterocycles. The zero-order chi connectivity index (χ0) is 19.1. The molecule has 144 valence electrons. The summed E-state index contributed by atoms with van der Waals surface area (Å²) in [4.78, 5) is 10.3. The second-order valence-electron chi connectivity index (χ2n) is 5.00. The third-order valence-corrected chi connectivity index (χ3v) is 2.92.